The number of aliphatic carboxylic acids is 1. The Morgan fingerprint density at radius 3 is 2.15 bits per heavy atom. The summed E-state index contributed by atoms with van der Waals surface area (Å²) in [4.78, 5) is 54.5. The van der Waals surface area contributed by atoms with E-state index in [1.807, 2.05) is 54.6 Å². The predicted octanol–water partition coefficient (Wildman–Crippen LogP) is 0.878. The Morgan fingerprint density at radius 2 is 1.46 bits per heavy atom. The van der Waals surface area contributed by atoms with Crippen LogP contribution in [0, 0.1) is 0 Å². The van der Waals surface area contributed by atoms with Crippen molar-refractivity contribution in [2.45, 2.75) is 56.3 Å². The van der Waals surface area contributed by atoms with Crippen molar-refractivity contribution in [3.8, 4) is 0 Å². The van der Waals surface area contributed by atoms with Crippen molar-refractivity contribution in [3.05, 3.63) is 71.9 Å². The van der Waals surface area contributed by atoms with Crippen LogP contribution >= 0.6 is 12.6 Å². The van der Waals surface area contributed by atoms with E-state index in [-0.39, 0.29) is 25.0 Å². The number of nitrogens with two attached hydrogens (primary N) is 2. The summed E-state index contributed by atoms with van der Waals surface area (Å²) in [6, 6.07) is 12.5. The van der Waals surface area contributed by atoms with Crippen LogP contribution in [0.25, 0.3) is 10.9 Å². The Balaban J connectivity index is 1.79. The van der Waals surface area contributed by atoms with E-state index in [1.54, 1.807) is 6.20 Å². The average Bonchev–Trinajstić information content (AvgIpc) is 3.37. The molecule has 4 unspecified atom stereocenters. The third-order valence-electron chi connectivity index (χ3n) is 6.74. The molecule has 12 heteroatoms. The van der Waals surface area contributed by atoms with Gasteiger partial charge in [-0.1, -0.05) is 48.5 Å². The molecule has 0 saturated heterocycles. The number of aromatic nitrogens is 1. The molecular weight excluding hydrogens is 544 g/mol. The van der Waals surface area contributed by atoms with E-state index in [4.69, 9.17) is 11.5 Å². The number of benzene rings is 2. The summed E-state index contributed by atoms with van der Waals surface area (Å²) < 4.78 is 0. The van der Waals surface area contributed by atoms with Gasteiger partial charge in [0.05, 0.1) is 6.04 Å². The van der Waals surface area contributed by atoms with Gasteiger partial charge in [0.15, 0.2) is 0 Å². The maximum Gasteiger partial charge on any atom is 0.327 e. The molecule has 1 heterocycles. The molecule has 3 amide bonds. The Bertz CT molecular complexity index is 1320. The number of thiol groups is 1. The zero-order chi connectivity index (χ0) is 29.8. The van der Waals surface area contributed by atoms with Crippen molar-refractivity contribution in [2.75, 3.05) is 12.3 Å². The number of carbonyl (C=O) groups is 4. The molecule has 0 bridgehead atoms. The van der Waals surface area contributed by atoms with Crippen molar-refractivity contribution in [3.63, 3.8) is 0 Å². The molecule has 4 atom stereocenters. The van der Waals surface area contributed by atoms with Gasteiger partial charge in [-0.2, -0.15) is 12.6 Å². The van der Waals surface area contributed by atoms with E-state index in [0.717, 1.165) is 22.0 Å². The number of nitrogens with one attached hydrogen (secondary N) is 4. The monoisotopic (exact) mass is 582 g/mol. The van der Waals surface area contributed by atoms with E-state index in [9.17, 15) is 24.3 Å². The van der Waals surface area contributed by atoms with Crippen LogP contribution in [-0.2, 0) is 32.0 Å². The first kappa shape index (κ1) is 31.7. The van der Waals surface area contributed by atoms with Crippen LogP contribution in [0.3, 0.4) is 0 Å². The number of aromatic amines is 1. The highest BCUT2D eigenvalue weighted by Gasteiger charge is 2.30. The van der Waals surface area contributed by atoms with Gasteiger partial charge in [0, 0.05) is 29.3 Å². The molecule has 0 aliphatic heterocycles. The third-order valence-corrected chi connectivity index (χ3v) is 7.11. The fourth-order valence-electron chi connectivity index (χ4n) is 4.46. The van der Waals surface area contributed by atoms with Gasteiger partial charge >= 0.3 is 5.97 Å². The number of unbranched alkanes of at least 4 members (excludes halogenated alkanes) is 1. The van der Waals surface area contributed by atoms with Gasteiger partial charge in [0.1, 0.15) is 18.1 Å². The Hall–Kier alpha value is -3.87. The Kier molecular flexibility index (Phi) is 12.2. The summed E-state index contributed by atoms with van der Waals surface area (Å²) in [5.74, 6) is -3.14. The van der Waals surface area contributed by atoms with Crippen LogP contribution in [0.2, 0.25) is 0 Å². The van der Waals surface area contributed by atoms with Gasteiger partial charge in [-0.25, -0.2) is 4.79 Å². The van der Waals surface area contributed by atoms with Crippen LogP contribution in [0.15, 0.2) is 60.8 Å². The molecule has 41 heavy (non-hydrogen) atoms. The number of H-pyrrole nitrogens is 1. The molecule has 0 aliphatic carbocycles. The standard InChI is InChI=1S/C29H38N6O5S/c30-13-7-6-12-23(33-26(36)21(31)14-18-8-2-1-3-9-18)27(37)34-24(28(38)35-25(17-41)29(39)40)15-19-16-32-22-11-5-4-10-20(19)22/h1-5,8-11,16,21,23-25,32,41H,6-7,12-15,17,30-31H2,(H,33,36)(H,34,37)(H,35,38)(H,39,40). The van der Waals surface area contributed by atoms with Gasteiger partial charge in [-0.15, -0.1) is 0 Å². The van der Waals surface area contributed by atoms with Crippen LogP contribution in [0.5, 0.6) is 0 Å². The van der Waals surface area contributed by atoms with E-state index < -0.39 is 47.9 Å². The van der Waals surface area contributed by atoms with Crippen LogP contribution in [-0.4, -0.2) is 70.2 Å². The number of hydrogen-bond acceptors (Lipinski definition) is 7. The van der Waals surface area contributed by atoms with Gasteiger partial charge in [-0.05, 0) is 49.4 Å². The van der Waals surface area contributed by atoms with Crippen molar-refractivity contribution in [1.82, 2.24) is 20.9 Å². The smallest absolute Gasteiger partial charge is 0.327 e. The fraction of sp³-hybridized carbons (Fsp3) is 0.379. The molecular formula is C29H38N6O5S. The van der Waals surface area contributed by atoms with Crippen molar-refractivity contribution < 1.29 is 24.3 Å². The number of carboxylic acids is 1. The summed E-state index contributed by atoms with van der Waals surface area (Å²) in [6.45, 7) is 0.418. The number of fused-ring (bicyclic) bond motifs is 1. The maximum atomic E-state index is 13.5. The molecule has 220 valence electrons. The number of para-hydroxylation sites is 1. The molecule has 0 spiro atoms. The molecule has 11 nitrogen and oxygen atoms in total. The number of rotatable bonds is 16. The topological polar surface area (TPSA) is 192 Å². The predicted molar refractivity (Wildman–Crippen MR) is 160 cm³/mol. The lowest BCUT2D eigenvalue weighted by Crippen LogP contribution is -2.58. The quantitative estimate of drug-likeness (QED) is 0.0907. The molecule has 0 fully saturated rings. The van der Waals surface area contributed by atoms with Crippen molar-refractivity contribution in [1.29, 1.82) is 0 Å². The summed E-state index contributed by atoms with van der Waals surface area (Å²) in [5.41, 5.74) is 14.3. The highest BCUT2D eigenvalue weighted by molar-refractivity contribution is 7.80. The lowest BCUT2D eigenvalue weighted by Gasteiger charge is -2.25. The first-order valence-electron chi connectivity index (χ1n) is 13.5. The zero-order valence-electron chi connectivity index (χ0n) is 22.7. The van der Waals surface area contributed by atoms with Gasteiger partial charge < -0.3 is 37.5 Å². The second kappa shape index (κ2) is 15.8. The zero-order valence-corrected chi connectivity index (χ0v) is 23.6. The highest BCUT2D eigenvalue weighted by atomic mass is 32.1. The normalized spacial score (nSPS) is 14.0. The van der Waals surface area contributed by atoms with Gasteiger partial charge in [0.25, 0.3) is 0 Å². The average molecular weight is 583 g/mol. The van der Waals surface area contributed by atoms with Crippen LogP contribution in [0.4, 0.5) is 0 Å². The summed E-state index contributed by atoms with van der Waals surface area (Å²) >= 11 is 4.02. The number of carboxylic acid groups (broad SMARTS) is 1. The van der Waals surface area contributed by atoms with Gasteiger partial charge in [-0.3, -0.25) is 14.4 Å². The molecule has 1 aromatic heterocycles. The molecule has 3 rings (SSSR count). The molecule has 0 saturated carbocycles. The first-order chi connectivity index (χ1) is 19.7. The minimum absolute atomic E-state index is 0.0808. The van der Waals surface area contributed by atoms with Crippen molar-refractivity contribution in [2.24, 2.45) is 11.5 Å². The highest BCUT2D eigenvalue weighted by Crippen LogP contribution is 2.19. The Morgan fingerprint density at radius 1 is 0.829 bits per heavy atom. The molecule has 0 radical (unpaired) electrons. The van der Waals surface area contributed by atoms with E-state index in [1.165, 1.54) is 0 Å². The largest absolute Gasteiger partial charge is 0.480 e. The number of amides is 3. The fourth-order valence-corrected chi connectivity index (χ4v) is 4.71. The lowest BCUT2D eigenvalue weighted by atomic mass is 10.0. The first-order valence-corrected chi connectivity index (χ1v) is 14.2. The van der Waals surface area contributed by atoms with Crippen LogP contribution < -0.4 is 27.4 Å². The van der Waals surface area contributed by atoms with Crippen molar-refractivity contribution >= 4 is 47.2 Å². The third kappa shape index (κ3) is 9.34. The summed E-state index contributed by atoms with van der Waals surface area (Å²) in [5, 5.41) is 18.2. The molecule has 0 aliphatic rings. The molecule has 2 aromatic carbocycles. The summed E-state index contributed by atoms with van der Waals surface area (Å²) in [7, 11) is 0. The van der Waals surface area contributed by atoms with E-state index >= 15 is 0 Å². The molecule has 9 N–H and O–H groups in total. The number of hydrogen-bond donors (Lipinski definition) is 8. The number of carbonyl (C=O) groups excluding carboxylic acids is 3. The van der Waals surface area contributed by atoms with E-state index in [0.29, 0.717) is 19.4 Å². The second-order valence-corrected chi connectivity index (χ2v) is 10.2. The minimum Gasteiger partial charge on any atom is -0.480 e. The minimum atomic E-state index is -1.25. The van der Waals surface area contributed by atoms with E-state index in [2.05, 4.69) is 33.6 Å². The lowest BCUT2D eigenvalue weighted by molar-refractivity contribution is -0.141. The molecule has 3 aromatic rings. The SMILES string of the molecule is NCCCCC(NC(=O)C(N)Cc1ccccc1)C(=O)NC(Cc1c[nH]c2ccccc12)C(=O)NC(CS)C(=O)O. The summed E-state index contributed by atoms with van der Waals surface area (Å²) in [6.07, 6.45) is 3.59. The van der Waals surface area contributed by atoms with Gasteiger partial charge in [0.2, 0.25) is 17.7 Å². The Labute approximate surface area is 244 Å². The van der Waals surface area contributed by atoms with Crippen LogP contribution in [0.1, 0.15) is 30.4 Å². The maximum absolute atomic E-state index is 13.5. The second-order valence-electron chi connectivity index (χ2n) is 9.85.